The molecule has 1 amide bonds. The molecule has 180 valence electrons. The van der Waals surface area contributed by atoms with Crippen LogP contribution in [0.3, 0.4) is 0 Å². The normalized spacial score (nSPS) is 17.8. The van der Waals surface area contributed by atoms with Gasteiger partial charge in [0, 0.05) is 21.3 Å². The molecule has 1 aliphatic rings. The maximum absolute atomic E-state index is 13.4. The van der Waals surface area contributed by atoms with Crippen LogP contribution in [-0.2, 0) is 15.0 Å². The molecule has 0 radical (unpaired) electrons. The Bertz CT molecular complexity index is 1370. The van der Waals surface area contributed by atoms with Crippen LogP contribution in [0.4, 0.5) is 5.69 Å². The number of carbonyl (C=O) groups is 2. The number of nitrogens with zero attached hydrogens (tertiary/aromatic N) is 1. The van der Waals surface area contributed by atoms with E-state index in [0.29, 0.717) is 16.8 Å². The highest BCUT2D eigenvalue weighted by Crippen LogP contribution is 2.44. The Balaban J connectivity index is 2.01. The summed E-state index contributed by atoms with van der Waals surface area (Å²) in [6, 6.07) is 15.5. The number of aryl methyl sites for hydroxylation is 1. The quantitative estimate of drug-likeness (QED) is 0.228. The highest BCUT2D eigenvalue weighted by atomic mass is 35.5. The lowest BCUT2D eigenvalue weighted by atomic mass is 9.84. The number of aliphatic hydroxyl groups excluding tert-OH is 1. The maximum atomic E-state index is 13.4. The Labute approximate surface area is 214 Å². The second-order valence-corrected chi connectivity index (χ2v) is 10.5. The van der Waals surface area contributed by atoms with Crippen LogP contribution in [0.1, 0.15) is 49.1 Å². The van der Waals surface area contributed by atoms with E-state index in [2.05, 4.69) is 20.8 Å². The van der Waals surface area contributed by atoms with Crippen LogP contribution in [0.2, 0.25) is 10.0 Å². The SMILES string of the molecule is Cc1ccc(C(C)(C)C)cc1/C(O)=C1\C(=O)C(=O)N(c2cc(Cl)cc(Cl)c2)C1c1cccc(O)c1. The average molecular weight is 510 g/mol. The van der Waals surface area contributed by atoms with Gasteiger partial charge in [0.05, 0.1) is 11.6 Å². The number of benzene rings is 3. The first-order valence-electron chi connectivity index (χ1n) is 11.1. The van der Waals surface area contributed by atoms with Crippen LogP contribution in [0.5, 0.6) is 5.75 Å². The molecule has 1 heterocycles. The number of aliphatic hydroxyl groups is 1. The minimum Gasteiger partial charge on any atom is -0.508 e. The van der Waals surface area contributed by atoms with E-state index in [9.17, 15) is 19.8 Å². The van der Waals surface area contributed by atoms with Crippen LogP contribution in [0, 0.1) is 6.92 Å². The van der Waals surface area contributed by atoms with Crippen molar-refractivity contribution in [2.24, 2.45) is 0 Å². The van der Waals surface area contributed by atoms with E-state index in [1.165, 1.54) is 35.2 Å². The fourth-order valence-electron chi connectivity index (χ4n) is 4.28. The molecule has 5 nitrogen and oxygen atoms in total. The third-order valence-electron chi connectivity index (χ3n) is 6.11. The Morgan fingerprint density at radius 2 is 1.60 bits per heavy atom. The van der Waals surface area contributed by atoms with E-state index in [1.54, 1.807) is 12.1 Å². The molecule has 35 heavy (non-hydrogen) atoms. The molecule has 3 aromatic rings. The Kier molecular flexibility index (Phi) is 6.43. The van der Waals surface area contributed by atoms with Gasteiger partial charge in [-0.1, -0.05) is 68.2 Å². The van der Waals surface area contributed by atoms with Crippen LogP contribution < -0.4 is 4.90 Å². The minimum absolute atomic E-state index is 0.0388. The molecule has 1 unspecified atom stereocenters. The summed E-state index contributed by atoms with van der Waals surface area (Å²) in [6.45, 7) is 7.99. The van der Waals surface area contributed by atoms with Crippen molar-refractivity contribution in [3.05, 3.63) is 98.5 Å². The van der Waals surface area contributed by atoms with Crippen molar-refractivity contribution in [3.63, 3.8) is 0 Å². The minimum atomic E-state index is -1.01. The van der Waals surface area contributed by atoms with Crippen molar-refractivity contribution >= 4 is 46.3 Å². The van der Waals surface area contributed by atoms with Gasteiger partial charge in [-0.05, 0) is 65.4 Å². The van der Waals surface area contributed by atoms with Gasteiger partial charge in [0.25, 0.3) is 11.7 Å². The summed E-state index contributed by atoms with van der Waals surface area (Å²) in [5, 5.41) is 22.3. The molecule has 1 saturated heterocycles. The number of hydrogen-bond acceptors (Lipinski definition) is 4. The first-order chi connectivity index (χ1) is 16.4. The lowest BCUT2D eigenvalue weighted by molar-refractivity contribution is -0.132. The van der Waals surface area contributed by atoms with Crippen molar-refractivity contribution in [2.45, 2.75) is 39.2 Å². The molecular weight excluding hydrogens is 485 g/mol. The first-order valence-corrected chi connectivity index (χ1v) is 11.8. The van der Waals surface area contributed by atoms with Crippen molar-refractivity contribution in [1.29, 1.82) is 0 Å². The molecular formula is C28H25Cl2NO4. The van der Waals surface area contributed by atoms with Gasteiger partial charge in [0.2, 0.25) is 0 Å². The van der Waals surface area contributed by atoms with Crippen molar-refractivity contribution in [3.8, 4) is 5.75 Å². The van der Waals surface area contributed by atoms with Crippen molar-refractivity contribution < 1.29 is 19.8 Å². The maximum Gasteiger partial charge on any atom is 0.300 e. The third kappa shape index (κ3) is 4.66. The molecule has 0 spiro atoms. The molecule has 1 fully saturated rings. The predicted molar refractivity (Wildman–Crippen MR) is 139 cm³/mol. The summed E-state index contributed by atoms with van der Waals surface area (Å²) in [5.41, 5.74) is 2.66. The van der Waals surface area contributed by atoms with Gasteiger partial charge < -0.3 is 10.2 Å². The highest BCUT2D eigenvalue weighted by Gasteiger charge is 2.47. The number of amides is 1. The van der Waals surface area contributed by atoms with E-state index in [1.807, 2.05) is 25.1 Å². The fraction of sp³-hybridized carbons (Fsp3) is 0.214. The molecule has 0 bridgehead atoms. The van der Waals surface area contributed by atoms with E-state index in [4.69, 9.17) is 23.2 Å². The van der Waals surface area contributed by atoms with Gasteiger partial charge in [0.15, 0.2) is 0 Å². The van der Waals surface area contributed by atoms with Crippen molar-refractivity contribution in [2.75, 3.05) is 4.90 Å². The van der Waals surface area contributed by atoms with Gasteiger partial charge in [-0.2, -0.15) is 0 Å². The summed E-state index contributed by atoms with van der Waals surface area (Å²) < 4.78 is 0. The number of rotatable bonds is 3. The monoisotopic (exact) mass is 509 g/mol. The van der Waals surface area contributed by atoms with Gasteiger partial charge in [-0.25, -0.2) is 0 Å². The number of carbonyl (C=O) groups excluding carboxylic acids is 2. The summed E-state index contributed by atoms with van der Waals surface area (Å²) in [6.07, 6.45) is 0. The van der Waals surface area contributed by atoms with E-state index in [-0.39, 0.29) is 32.5 Å². The summed E-state index contributed by atoms with van der Waals surface area (Å²) in [5.74, 6) is -1.99. The number of hydrogen-bond donors (Lipinski definition) is 2. The van der Waals surface area contributed by atoms with Crippen LogP contribution in [0.15, 0.2) is 66.2 Å². The molecule has 1 aliphatic heterocycles. The smallest absolute Gasteiger partial charge is 0.300 e. The van der Waals surface area contributed by atoms with Crippen LogP contribution in [-0.4, -0.2) is 21.9 Å². The van der Waals surface area contributed by atoms with E-state index >= 15 is 0 Å². The van der Waals surface area contributed by atoms with Crippen molar-refractivity contribution in [1.82, 2.24) is 0 Å². The Morgan fingerprint density at radius 3 is 2.20 bits per heavy atom. The lowest BCUT2D eigenvalue weighted by Crippen LogP contribution is -2.29. The Hall–Kier alpha value is -3.28. The predicted octanol–water partition coefficient (Wildman–Crippen LogP) is 6.93. The number of anilines is 1. The molecule has 1 atom stereocenters. The average Bonchev–Trinajstić information content (AvgIpc) is 3.03. The number of phenols is 1. The zero-order chi connectivity index (χ0) is 25.7. The summed E-state index contributed by atoms with van der Waals surface area (Å²) in [7, 11) is 0. The fourth-order valence-corrected chi connectivity index (χ4v) is 4.79. The highest BCUT2D eigenvalue weighted by molar-refractivity contribution is 6.52. The molecule has 2 N–H and O–H groups in total. The largest absolute Gasteiger partial charge is 0.508 e. The second-order valence-electron chi connectivity index (χ2n) is 9.67. The molecule has 3 aromatic carbocycles. The molecule has 0 saturated carbocycles. The van der Waals surface area contributed by atoms with E-state index < -0.39 is 17.7 Å². The first kappa shape index (κ1) is 24.8. The Morgan fingerprint density at radius 1 is 0.943 bits per heavy atom. The number of phenolic OH excluding ortho intramolecular Hbond substituents is 1. The molecule has 0 aromatic heterocycles. The van der Waals surface area contributed by atoms with Gasteiger partial charge in [-0.3, -0.25) is 14.5 Å². The second kappa shape index (κ2) is 9.06. The summed E-state index contributed by atoms with van der Waals surface area (Å²) in [4.78, 5) is 28.0. The lowest BCUT2D eigenvalue weighted by Gasteiger charge is -2.26. The van der Waals surface area contributed by atoms with Crippen LogP contribution >= 0.6 is 23.2 Å². The third-order valence-corrected chi connectivity index (χ3v) is 6.55. The number of aromatic hydroxyl groups is 1. The zero-order valence-corrected chi connectivity index (χ0v) is 21.3. The number of halogens is 2. The number of Topliss-reactive ketones (excluding diaryl/α,β-unsaturated/α-hetero) is 1. The van der Waals surface area contributed by atoms with Gasteiger partial charge in [0.1, 0.15) is 11.5 Å². The molecule has 0 aliphatic carbocycles. The zero-order valence-electron chi connectivity index (χ0n) is 19.8. The number of ketones is 1. The topological polar surface area (TPSA) is 77.8 Å². The molecule has 7 heteroatoms. The summed E-state index contributed by atoms with van der Waals surface area (Å²) >= 11 is 12.4. The van der Waals surface area contributed by atoms with Gasteiger partial charge >= 0.3 is 0 Å². The standard InChI is InChI=1S/C28H25Cl2NO4/c1-15-8-9-17(28(2,3)4)11-22(15)25(33)23-24(16-6-5-7-21(32)10-16)31(27(35)26(23)34)20-13-18(29)12-19(30)14-20/h5-14,24,32-33H,1-4H3/b25-23+. The van der Waals surface area contributed by atoms with Crippen LogP contribution in [0.25, 0.3) is 5.76 Å². The van der Waals surface area contributed by atoms with E-state index in [0.717, 1.165) is 11.1 Å². The molecule has 4 rings (SSSR count). The van der Waals surface area contributed by atoms with Gasteiger partial charge in [-0.15, -0.1) is 0 Å².